The van der Waals surface area contributed by atoms with Gasteiger partial charge in [0, 0.05) is 61.3 Å². The molecule has 0 saturated heterocycles. The van der Waals surface area contributed by atoms with Crippen LogP contribution in [0.2, 0.25) is 0 Å². The Morgan fingerprint density at radius 2 is 1.26 bits per heavy atom. The molecule has 0 amide bonds. The quantitative estimate of drug-likeness (QED) is 0.135. The summed E-state index contributed by atoms with van der Waals surface area (Å²) in [4.78, 5) is 9.43. The zero-order chi connectivity index (χ0) is 45.2. The van der Waals surface area contributed by atoms with Crippen molar-refractivity contribution in [3.63, 3.8) is 0 Å². The third-order valence-corrected chi connectivity index (χ3v) is 12.8. The van der Waals surface area contributed by atoms with Gasteiger partial charge in [0.2, 0.25) is 0 Å². The number of ether oxygens (including phenoxy) is 1. The van der Waals surface area contributed by atoms with Gasteiger partial charge >= 0.3 is 0 Å². The van der Waals surface area contributed by atoms with E-state index in [0.717, 1.165) is 50.4 Å². The molecule has 8 aromatic rings. The Hall–Kier alpha value is -5.64. The Kier molecular flexibility index (Phi) is 12.5. The number of nitrogens with zero attached hydrogens (tertiary/aromatic N) is 4. The van der Waals surface area contributed by atoms with E-state index in [4.69, 9.17) is 9.72 Å². The fourth-order valence-electron chi connectivity index (χ4n) is 9.06. The van der Waals surface area contributed by atoms with E-state index in [1.807, 2.05) is 24.4 Å². The Morgan fingerprint density at radius 1 is 0.585 bits per heavy atom. The molecule has 6 aromatic carbocycles. The first-order valence-corrected chi connectivity index (χ1v) is 22.9. The van der Waals surface area contributed by atoms with Crippen LogP contribution in [0, 0.1) is 18.8 Å². The minimum absolute atomic E-state index is 0. The van der Waals surface area contributed by atoms with Crippen LogP contribution in [0.5, 0.6) is 11.5 Å². The van der Waals surface area contributed by atoms with Crippen LogP contribution in [-0.2, 0) is 31.9 Å². The normalized spacial score (nSPS) is 13.1. The van der Waals surface area contributed by atoms with Gasteiger partial charge in [-0.15, -0.1) is 48.1 Å². The predicted octanol–water partition coefficient (Wildman–Crippen LogP) is 16.6. The summed E-state index contributed by atoms with van der Waals surface area (Å²) in [5.41, 5.74) is 15.5. The van der Waals surface area contributed by atoms with Gasteiger partial charge in [0.1, 0.15) is 5.82 Å². The average molecular weight is 1040 g/mol. The summed E-state index contributed by atoms with van der Waals surface area (Å²) in [5, 5.41) is 2.24. The maximum Gasteiger partial charge on any atom is 0.135 e. The van der Waals surface area contributed by atoms with Crippen LogP contribution >= 0.6 is 0 Å². The second-order valence-corrected chi connectivity index (χ2v) is 20.5. The van der Waals surface area contributed by atoms with E-state index in [2.05, 4.69) is 219 Å². The van der Waals surface area contributed by atoms with Gasteiger partial charge in [0.25, 0.3) is 0 Å². The second-order valence-electron chi connectivity index (χ2n) is 20.5. The summed E-state index contributed by atoms with van der Waals surface area (Å²) in [5.74, 6) is 3.31. The summed E-state index contributed by atoms with van der Waals surface area (Å²) in [6.45, 7) is 29.6. The van der Waals surface area contributed by atoms with Crippen LogP contribution in [0.3, 0.4) is 0 Å². The molecule has 2 aromatic heterocycles. The number of pyridine rings is 1. The maximum atomic E-state index is 6.66. The molecule has 0 fully saturated rings. The number of hydrogen-bond donors (Lipinski definition) is 0. The molecule has 0 saturated carbocycles. The monoisotopic (exact) mass is 1040 g/mol. The predicted molar refractivity (Wildman–Crippen MR) is 269 cm³/mol. The number of rotatable bonds is 9. The van der Waals surface area contributed by atoms with Gasteiger partial charge in [-0.25, -0.2) is 4.98 Å². The Morgan fingerprint density at radius 3 is 1.95 bits per heavy atom. The van der Waals surface area contributed by atoms with Crippen molar-refractivity contribution >= 4 is 44.6 Å². The van der Waals surface area contributed by atoms with Crippen LogP contribution in [0.4, 0.5) is 22.7 Å². The number of para-hydroxylation sites is 1. The molecule has 9 rings (SSSR count). The number of aromatic nitrogens is 2. The van der Waals surface area contributed by atoms with Crippen LogP contribution in [-0.4, -0.2) is 9.55 Å². The van der Waals surface area contributed by atoms with Crippen molar-refractivity contribution in [3.8, 4) is 28.4 Å². The van der Waals surface area contributed by atoms with E-state index in [1.54, 1.807) is 0 Å². The van der Waals surface area contributed by atoms with Crippen LogP contribution in [0.25, 0.3) is 38.8 Å². The standard InChI is InChI=1S/C59H61N4O.Pt/c1-37(2)41-30-50(38(3)4)57(51(31-41)39(5)6)40-17-15-18-44(29-40)62-36-61(53-26-23-42(32-55(53)62)58(7,8)9)45-19-16-20-46(34-45)64-47-24-25-49-48-21-13-14-22-52(48)63(54(49)35-47)56-33-43(27-28-60-56)59(10,11)12;/h13-33,36-39H,1-12H3;/q-3;. The van der Waals surface area contributed by atoms with Crippen molar-refractivity contribution in [1.82, 2.24) is 9.55 Å². The molecule has 0 aliphatic carbocycles. The van der Waals surface area contributed by atoms with Crippen molar-refractivity contribution in [2.24, 2.45) is 0 Å². The molecule has 3 heterocycles. The summed E-state index contributed by atoms with van der Waals surface area (Å²) in [6.07, 6.45) is 1.91. The third kappa shape index (κ3) is 8.77. The van der Waals surface area contributed by atoms with Gasteiger partial charge in [0.05, 0.1) is 0 Å². The maximum absolute atomic E-state index is 6.66. The van der Waals surface area contributed by atoms with Gasteiger partial charge in [0.15, 0.2) is 0 Å². The molecule has 0 atom stereocenters. The minimum Gasteiger partial charge on any atom is -0.509 e. The second kappa shape index (κ2) is 17.6. The van der Waals surface area contributed by atoms with Crippen molar-refractivity contribution in [1.29, 1.82) is 0 Å². The van der Waals surface area contributed by atoms with Gasteiger partial charge in [-0.1, -0.05) is 137 Å². The molecule has 1 aliphatic rings. The number of hydrogen-bond acceptors (Lipinski definition) is 4. The third-order valence-electron chi connectivity index (χ3n) is 12.8. The molecule has 0 bridgehead atoms. The minimum atomic E-state index is -0.0267. The number of benzene rings is 6. The van der Waals surface area contributed by atoms with Gasteiger partial charge in [-0.2, -0.15) is 12.1 Å². The fourth-order valence-corrected chi connectivity index (χ4v) is 9.06. The topological polar surface area (TPSA) is 33.5 Å². The van der Waals surface area contributed by atoms with Crippen LogP contribution < -0.4 is 14.5 Å². The first-order valence-electron chi connectivity index (χ1n) is 22.9. The molecule has 6 heteroatoms. The SMILES string of the molecule is CC(C)c1cc(C(C)C)c(-c2cccc(N3[CH-]N(c4[c-]c(Oc5[c-]c6c(cc5)c5ccccc5n6-c5cc(C(C)(C)C)ccn5)ccc4)c4ccc(C(C)(C)C)cc43)c2)c(C(C)C)c1.[Pt]. The largest absolute Gasteiger partial charge is 0.509 e. The average Bonchev–Trinajstić information content (AvgIpc) is 3.81. The number of fused-ring (bicyclic) bond motifs is 4. The fraction of sp³-hybridized carbons (Fsp3) is 0.288. The smallest absolute Gasteiger partial charge is 0.135 e. The van der Waals surface area contributed by atoms with Crippen molar-refractivity contribution < 1.29 is 25.8 Å². The zero-order valence-corrected chi connectivity index (χ0v) is 42.2. The molecule has 0 spiro atoms. The molecule has 5 nitrogen and oxygen atoms in total. The van der Waals surface area contributed by atoms with E-state index in [9.17, 15) is 0 Å². The van der Waals surface area contributed by atoms with Crippen molar-refractivity contribution in [2.45, 2.75) is 112 Å². The zero-order valence-electron chi connectivity index (χ0n) is 39.9. The van der Waals surface area contributed by atoms with Crippen LogP contribution in [0.1, 0.15) is 129 Å². The molecule has 0 N–H and O–H groups in total. The molecule has 0 unspecified atom stereocenters. The molecule has 0 radical (unpaired) electrons. The first-order chi connectivity index (χ1) is 30.5. The Labute approximate surface area is 401 Å². The van der Waals surface area contributed by atoms with Crippen molar-refractivity contribution in [2.75, 3.05) is 9.80 Å². The Bertz CT molecular complexity index is 3010. The first kappa shape index (κ1) is 45.9. The van der Waals surface area contributed by atoms with Crippen molar-refractivity contribution in [3.05, 3.63) is 174 Å². The molecule has 65 heavy (non-hydrogen) atoms. The van der Waals surface area contributed by atoms with E-state index >= 15 is 0 Å². The molecular weight excluding hydrogens is 976 g/mol. The Balaban J connectivity index is 0.00000576. The van der Waals surface area contributed by atoms with Gasteiger partial charge in [-0.05, 0) is 115 Å². The molecular formula is C59H61N4OPt-3. The molecule has 1 aliphatic heterocycles. The molecule has 336 valence electrons. The summed E-state index contributed by atoms with van der Waals surface area (Å²) in [6, 6.07) is 51.1. The van der Waals surface area contributed by atoms with E-state index in [1.165, 1.54) is 38.9 Å². The van der Waals surface area contributed by atoms with E-state index in [0.29, 0.717) is 29.3 Å². The van der Waals surface area contributed by atoms with Crippen LogP contribution in [0.15, 0.2) is 128 Å². The van der Waals surface area contributed by atoms with E-state index in [-0.39, 0.29) is 31.9 Å². The van der Waals surface area contributed by atoms with Gasteiger partial charge < -0.3 is 19.1 Å². The van der Waals surface area contributed by atoms with Gasteiger partial charge in [-0.3, -0.25) is 0 Å². The summed E-state index contributed by atoms with van der Waals surface area (Å²) >= 11 is 0. The summed E-state index contributed by atoms with van der Waals surface area (Å²) in [7, 11) is 0. The number of anilines is 4. The summed E-state index contributed by atoms with van der Waals surface area (Å²) < 4.78 is 8.87. The van der Waals surface area contributed by atoms with E-state index < -0.39 is 0 Å².